The largest absolute Gasteiger partial charge is 0.193 e. The average Bonchev–Trinajstić information content (AvgIpc) is 3.14. The first kappa shape index (κ1) is 15.0. The number of allylic oxidation sites excluding steroid dienone is 2. The molecule has 1 aromatic heterocycles. The minimum absolute atomic E-state index is 0.688. The zero-order chi connectivity index (χ0) is 16.9. The van der Waals surface area contributed by atoms with Crippen molar-refractivity contribution in [1.29, 1.82) is 0 Å². The van der Waals surface area contributed by atoms with Gasteiger partial charge >= 0.3 is 0 Å². The number of fused-ring (bicyclic) bond motifs is 1. The standard InChI is InChI=1S/C21H16N4/c1-2-8-17(9-3-1)10-4-7-13-21-22-23-24-25(21)20-15-14-18-11-5-6-12-19(18)16-20/h1-16H. The van der Waals surface area contributed by atoms with Crippen LogP contribution in [0.3, 0.4) is 0 Å². The van der Waals surface area contributed by atoms with Gasteiger partial charge in [0.1, 0.15) is 0 Å². The quantitative estimate of drug-likeness (QED) is 0.518. The zero-order valence-corrected chi connectivity index (χ0v) is 13.5. The Morgan fingerprint density at radius 1 is 0.720 bits per heavy atom. The van der Waals surface area contributed by atoms with Gasteiger partial charge in [-0.15, -0.1) is 5.10 Å². The van der Waals surface area contributed by atoms with Crippen LogP contribution in [0.5, 0.6) is 0 Å². The summed E-state index contributed by atoms with van der Waals surface area (Å²) in [6.45, 7) is 0. The maximum Gasteiger partial charge on any atom is 0.179 e. The lowest BCUT2D eigenvalue weighted by Crippen LogP contribution is -1.99. The molecule has 3 aromatic carbocycles. The fourth-order valence-corrected chi connectivity index (χ4v) is 2.66. The van der Waals surface area contributed by atoms with Crippen LogP contribution < -0.4 is 0 Å². The minimum Gasteiger partial charge on any atom is -0.193 e. The summed E-state index contributed by atoms with van der Waals surface area (Å²) in [5, 5.41) is 14.4. The molecule has 4 aromatic rings. The smallest absolute Gasteiger partial charge is 0.179 e. The molecule has 0 saturated carbocycles. The second-order valence-electron chi connectivity index (χ2n) is 5.61. The van der Waals surface area contributed by atoms with Gasteiger partial charge in [0.25, 0.3) is 0 Å². The summed E-state index contributed by atoms with van der Waals surface area (Å²) in [7, 11) is 0. The summed E-state index contributed by atoms with van der Waals surface area (Å²) < 4.78 is 1.74. The van der Waals surface area contributed by atoms with E-state index in [0.717, 1.165) is 16.6 Å². The Kier molecular flexibility index (Phi) is 4.16. The second kappa shape index (κ2) is 6.93. The van der Waals surface area contributed by atoms with Crippen LogP contribution >= 0.6 is 0 Å². The molecular formula is C21H16N4. The molecule has 4 heteroatoms. The first-order valence-corrected chi connectivity index (χ1v) is 8.07. The molecule has 4 rings (SSSR count). The molecule has 0 saturated heterocycles. The molecule has 0 unspecified atom stereocenters. The van der Waals surface area contributed by atoms with Crippen LogP contribution in [0, 0.1) is 0 Å². The lowest BCUT2D eigenvalue weighted by molar-refractivity contribution is 0.787. The molecular weight excluding hydrogens is 308 g/mol. The van der Waals surface area contributed by atoms with Gasteiger partial charge in [0, 0.05) is 0 Å². The topological polar surface area (TPSA) is 43.6 Å². The van der Waals surface area contributed by atoms with Crippen molar-refractivity contribution < 1.29 is 0 Å². The van der Waals surface area contributed by atoms with Crippen molar-refractivity contribution in [3.05, 3.63) is 96.3 Å². The van der Waals surface area contributed by atoms with E-state index in [1.165, 1.54) is 5.39 Å². The van der Waals surface area contributed by atoms with E-state index in [9.17, 15) is 0 Å². The summed E-state index contributed by atoms with van der Waals surface area (Å²) in [5.41, 5.74) is 2.09. The van der Waals surface area contributed by atoms with Crippen LogP contribution in [0.25, 0.3) is 28.6 Å². The minimum atomic E-state index is 0.688. The highest BCUT2D eigenvalue weighted by molar-refractivity contribution is 5.84. The summed E-state index contributed by atoms with van der Waals surface area (Å²) >= 11 is 0. The van der Waals surface area contributed by atoms with Gasteiger partial charge in [-0.1, -0.05) is 78.9 Å². The molecule has 0 N–H and O–H groups in total. The van der Waals surface area contributed by atoms with Crippen molar-refractivity contribution in [1.82, 2.24) is 20.2 Å². The summed E-state index contributed by atoms with van der Waals surface area (Å²) in [5.74, 6) is 0.688. The van der Waals surface area contributed by atoms with Crippen molar-refractivity contribution in [2.45, 2.75) is 0 Å². The Bertz CT molecular complexity index is 1050. The average molecular weight is 324 g/mol. The van der Waals surface area contributed by atoms with Gasteiger partial charge in [0.2, 0.25) is 0 Å². The highest BCUT2D eigenvalue weighted by Crippen LogP contribution is 2.18. The van der Waals surface area contributed by atoms with E-state index in [1.54, 1.807) is 4.68 Å². The monoisotopic (exact) mass is 324 g/mol. The molecule has 4 nitrogen and oxygen atoms in total. The summed E-state index contributed by atoms with van der Waals surface area (Å²) in [6.07, 6.45) is 7.86. The number of nitrogens with zero attached hydrogens (tertiary/aromatic N) is 4. The Labute approximate surface area is 145 Å². The summed E-state index contributed by atoms with van der Waals surface area (Å²) in [6, 6.07) is 24.6. The molecule has 0 fully saturated rings. The van der Waals surface area contributed by atoms with Gasteiger partial charge in [-0.3, -0.25) is 0 Å². The SMILES string of the molecule is C(C=Cc1nnnn1-c1ccc2ccccc2c1)=Cc1ccccc1. The van der Waals surface area contributed by atoms with E-state index in [-0.39, 0.29) is 0 Å². The third kappa shape index (κ3) is 3.38. The normalized spacial score (nSPS) is 11.7. The Hall–Kier alpha value is -3.53. The van der Waals surface area contributed by atoms with Crippen molar-refractivity contribution in [3.8, 4) is 5.69 Å². The Morgan fingerprint density at radius 3 is 2.36 bits per heavy atom. The van der Waals surface area contributed by atoms with Crippen LogP contribution in [0.4, 0.5) is 0 Å². The van der Waals surface area contributed by atoms with Crippen LogP contribution in [0.15, 0.2) is 84.9 Å². The molecule has 0 radical (unpaired) electrons. The van der Waals surface area contributed by atoms with Gasteiger partial charge in [0.05, 0.1) is 5.69 Å². The fourth-order valence-electron chi connectivity index (χ4n) is 2.66. The Morgan fingerprint density at radius 2 is 1.48 bits per heavy atom. The van der Waals surface area contributed by atoms with E-state index in [2.05, 4.69) is 51.9 Å². The van der Waals surface area contributed by atoms with Crippen molar-refractivity contribution in [3.63, 3.8) is 0 Å². The maximum absolute atomic E-state index is 4.11. The number of tetrazole rings is 1. The van der Waals surface area contributed by atoms with Crippen LogP contribution in [-0.4, -0.2) is 20.2 Å². The third-order valence-corrected chi connectivity index (χ3v) is 3.92. The highest BCUT2D eigenvalue weighted by atomic mass is 15.5. The number of hydrogen-bond donors (Lipinski definition) is 0. The van der Waals surface area contributed by atoms with Crippen molar-refractivity contribution >= 4 is 22.9 Å². The summed E-state index contributed by atoms with van der Waals surface area (Å²) in [4.78, 5) is 0. The van der Waals surface area contributed by atoms with Gasteiger partial charge in [-0.2, -0.15) is 4.68 Å². The molecule has 0 amide bonds. The van der Waals surface area contributed by atoms with Crippen molar-refractivity contribution in [2.75, 3.05) is 0 Å². The molecule has 1 heterocycles. The fraction of sp³-hybridized carbons (Fsp3) is 0. The van der Waals surface area contributed by atoms with E-state index >= 15 is 0 Å². The Balaban J connectivity index is 1.59. The predicted octanol–water partition coefficient (Wildman–Crippen LogP) is 4.54. The van der Waals surface area contributed by atoms with Gasteiger partial charge in [0.15, 0.2) is 5.82 Å². The number of hydrogen-bond acceptors (Lipinski definition) is 3. The molecule has 0 aliphatic carbocycles. The molecule has 0 aliphatic rings. The molecule has 0 atom stereocenters. The number of benzene rings is 3. The molecule has 25 heavy (non-hydrogen) atoms. The highest BCUT2D eigenvalue weighted by Gasteiger charge is 2.05. The maximum atomic E-state index is 4.11. The van der Waals surface area contributed by atoms with Gasteiger partial charge in [-0.25, -0.2) is 0 Å². The van der Waals surface area contributed by atoms with E-state index < -0.39 is 0 Å². The van der Waals surface area contributed by atoms with E-state index in [4.69, 9.17) is 0 Å². The lowest BCUT2D eigenvalue weighted by Gasteiger charge is -2.04. The van der Waals surface area contributed by atoms with Crippen LogP contribution in [-0.2, 0) is 0 Å². The molecule has 0 spiro atoms. The number of aromatic nitrogens is 4. The predicted molar refractivity (Wildman–Crippen MR) is 101 cm³/mol. The van der Waals surface area contributed by atoms with Crippen molar-refractivity contribution in [2.24, 2.45) is 0 Å². The first-order chi connectivity index (χ1) is 12.4. The van der Waals surface area contributed by atoms with Crippen LogP contribution in [0.1, 0.15) is 11.4 Å². The number of rotatable bonds is 4. The first-order valence-electron chi connectivity index (χ1n) is 8.07. The molecule has 0 bridgehead atoms. The van der Waals surface area contributed by atoms with Crippen LogP contribution in [0.2, 0.25) is 0 Å². The second-order valence-corrected chi connectivity index (χ2v) is 5.61. The van der Waals surface area contributed by atoms with E-state index in [1.807, 2.05) is 60.7 Å². The molecule has 0 aliphatic heterocycles. The van der Waals surface area contributed by atoms with E-state index in [0.29, 0.717) is 5.82 Å². The molecule has 120 valence electrons. The van der Waals surface area contributed by atoms with Gasteiger partial charge in [-0.05, 0) is 45.0 Å². The van der Waals surface area contributed by atoms with Gasteiger partial charge < -0.3 is 0 Å². The third-order valence-electron chi connectivity index (χ3n) is 3.92. The zero-order valence-electron chi connectivity index (χ0n) is 13.5. The lowest BCUT2D eigenvalue weighted by atomic mass is 10.1.